The number of hydrogen-bond donors (Lipinski definition) is 1. The average molecular weight is 434 g/mol. The Bertz CT molecular complexity index is 951. The van der Waals surface area contributed by atoms with Gasteiger partial charge in [-0.05, 0) is 63.9 Å². The number of hydrogen-bond acceptors (Lipinski definition) is 5. The minimum atomic E-state index is 0.0559. The Morgan fingerprint density at radius 1 is 1.17 bits per heavy atom. The van der Waals surface area contributed by atoms with Gasteiger partial charge in [-0.25, -0.2) is 4.98 Å². The third-order valence-corrected chi connectivity index (χ3v) is 8.66. The SMILES string of the molecule is Cc1sc2nc(SCC(=O)NC3CCC(C)CC3)n(C3CCCC3)c(=O)c2c1C. The van der Waals surface area contributed by atoms with Gasteiger partial charge in [0.15, 0.2) is 5.16 Å². The monoisotopic (exact) mass is 433 g/mol. The number of nitrogens with zero attached hydrogens (tertiary/aromatic N) is 2. The van der Waals surface area contributed by atoms with E-state index in [1.807, 2.05) is 18.4 Å². The highest BCUT2D eigenvalue weighted by Crippen LogP contribution is 2.34. The van der Waals surface area contributed by atoms with E-state index in [9.17, 15) is 9.59 Å². The Balaban J connectivity index is 1.55. The predicted octanol–water partition coefficient (Wildman–Crippen LogP) is 4.98. The Hall–Kier alpha value is -1.34. The highest BCUT2D eigenvalue weighted by Gasteiger charge is 2.26. The Morgan fingerprint density at radius 3 is 2.55 bits per heavy atom. The Morgan fingerprint density at radius 2 is 1.86 bits per heavy atom. The second-order valence-corrected chi connectivity index (χ2v) is 10.9. The van der Waals surface area contributed by atoms with E-state index >= 15 is 0 Å². The number of rotatable bonds is 5. The van der Waals surface area contributed by atoms with Crippen LogP contribution in [-0.4, -0.2) is 27.3 Å². The van der Waals surface area contributed by atoms with Crippen LogP contribution in [0.5, 0.6) is 0 Å². The lowest BCUT2D eigenvalue weighted by Gasteiger charge is -2.26. The molecule has 2 fully saturated rings. The number of aryl methyl sites for hydroxylation is 2. The molecule has 0 bridgehead atoms. The summed E-state index contributed by atoms with van der Waals surface area (Å²) in [7, 11) is 0. The summed E-state index contributed by atoms with van der Waals surface area (Å²) < 4.78 is 1.90. The largest absolute Gasteiger partial charge is 0.353 e. The van der Waals surface area contributed by atoms with E-state index in [4.69, 9.17) is 4.98 Å². The van der Waals surface area contributed by atoms with Crippen molar-refractivity contribution in [1.82, 2.24) is 14.9 Å². The molecule has 2 saturated carbocycles. The number of carbonyl (C=O) groups is 1. The summed E-state index contributed by atoms with van der Waals surface area (Å²) in [5.41, 5.74) is 1.13. The Labute approximate surface area is 180 Å². The molecule has 2 heterocycles. The molecular formula is C22H31N3O2S2. The van der Waals surface area contributed by atoms with E-state index in [0.717, 1.165) is 65.1 Å². The molecule has 0 unspecified atom stereocenters. The molecule has 1 N–H and O–H groups in total. The van der Waals surface area contributed by atoms with Gasteiger partial charge in [-0.1, -0.05) is 31.5 Å². The maximum absolute atomic E-state index is 13.4. The highest BCUT2D eigenvalue weighted by atomic mass is 32.2. The first-order valence-corrected chi connectivity index (χ1v) is 12.7. The number of amides is 1. The van der Waals surface area contributed by atoms with Gasteiger partial charge in [0.25, 0.3) is 5.56 Å². The molecule has 2 aliphatic carbocycles. The summed E-state index contributed by atoms with van der Waals surface area (Å²) in [5.74, 6) is 1.15. The molecule has 4 rings (SSSR count). The van der Waals surface area contributed by atoms with Gasteiger partial charge in [-0.3, -0.25) is 14.2 Å². The van der Waals surface area contributed by atoms with Crippen molar-refractivity contribution >= 4 is 39.2 Å². The second kappa shape index (κ2) is 8.80. The van der Waals surface area contributed by atoms with Gasteiger partial charge in [-0.15, -0.1) is 11.3 Å². The van der Waals surface area contributed by atoms with Crippen molar-refractivity contribution in [2.24, 2.45) is 5.92 Å². The van der Waals surface area contributed by atoms with Crippen LogP contribution >= 0.6 is 23.1 Å². The van der Waals surface area contributed by atoms with E-state index in [1.165, 1.54) is 24.6 Å². The standard InChI is InChI=1S/C22H31N3O2S2/c1-13-8-10-16(11-9-13)23-18(26)12-28-22-24-20-19(14(2)15(3)29-20)21(27)25(22)17-6-4-5-7-17/h13,16-17H,4-12H2,1-3H3,(H,23,26). The van der Waals surface area contributed by atoms with Gasteiger partial charge in [0, 0.05) is 17.0 Å². The molecule has 0 aliphatic heterocycles. The lowest BCUT2D eigenvalue weighted by molar-refractivity contribution is -0.119. The van der Waals surface area contributed by atoms with Gasteiger partial charge in [0.1, 0.15) is 4.83 Å². The summed E-state index contributed by atoms with van der Waals surface area (Å²) in [6.07, 6.45) is 8.88. The van der Waals surface area contributed by atoms with Crippen LogP contribution in [0.3, 0.4) is 0 Å². The average Bonchev–Trinajstić information content (AvgIpc) is 3.31. The highest BCUT2D eigenvalue weighted by molar-refractivity contribution is 7.99. The van der Waals surface area contributed by atoms with Crippen LogP contribution in [0.4, 0.5) is 0 Å². The van der Waals surface area contributed by atoms with Crippen LogP contribution in [0.15, 0.2) is 9.95 Å². The number of fused-ring (bicyclic) bond motifs is 1. The summed E-state index contributed by atoms with van der Waals surface area (Å²) >= 11 is 3.00. The molecule has 29 heavy (non-hydrogen) atoms. The first kappa shape index (κ1) is 20.9. The predicted molar refractivity (Wildman–Crippen MR) is 121 cm³/mol. The molecule has 0 atom stereocenters. The van der Waals surface area contributed by atoms with Crippen LogP contribution in [-0.2, 0) is 4.79 Å². The molecule has 0 spiro atoms. The zero-order valence-corrected chi connectivity index (χ0v) is 19.3. The molecule has 158 valence electrons. The number of nitrogens with one attached hydrogen (secondary N) is 1. The minimum absolute atomic E-state index is 0.0559. The number of carbonyl (C=O) groups excluding carboxylic acids is 1. The second-order valence-electron chi connectivity index (χ2n) is 8.78. The van der Waals surface area contributed by atoms with Crippen molar-refractivity contribution in [3.05, 3.63) is 20.8 Å². The Kier molecular flexibility index (Phi) is 6.35. The molecule has 2 aromatic heterocycles. The van der Waals surface area contributed by atoms with Crippen LogP contribution in [0.2, 0.25) is 0 Å². The minimum Gasteiger partial charge on any atom is -0.353 e. The van der Waals surface area contributed by atoms with E-state index < -0.39 is 0 Å². The maximum atomic E-state index is 13.4. The third kappa shape index (κ3) is 4.41. The van der Waals surface area contributed by atoms with Crippen molar-refractivity contribution in [3.63, 3.8) is 0 Å². The lowest BCUT2D eigenvalue weighted by atomic mass is 9.87. The zero-order valence-electron chi connectivity index (χ0n) is 17.6. The first-order chi connectivity index (χ1) is 13.9. The van der Waals surface area contributed by atoms with Crippen molar-refractivity contribution in [2.75, 3.05) is 5.75 Å². The number of thiophene rings is 1. The normalized spacial score (nSPS) is 23.0. The van der Waals surface area contributed by atoms with Crippen LogP contribution in [0, 0.1) is 19.8 Å². The van der Waals surface area contributed by atoms with Gasteiger partial charge in [0.05, 0.1) is 11.1 Å². The summed E-state index contributed by atoms with van der Waals surface area (Å²) in [6, 6.07) is 0.513. The van der Waals surface area contributed by atoms with Gasteiger partial charge >= 0.3 is 0 Å². The van der Waals surface area contributed by atoms with Crippen LogP contribution in [0.1, 0.15) is 74.8 Å². The van der Waals surface area contributed by atoms with Crippen molar-refractivity contribution in [2.45, 2.75) is 89.4 Å². The molecule has 2 aromatic rings. The summed E-state index contributed by atoms with van der Waals surface area (Å²) in [5, 5.41) is 4.67. The number of thioether (sulfide) groups is 1. The van der Waals surface area contributed by atoms with E-state index in [-0.39, 0.29) is 17.5 Å². The van der Waals surface area contributed by atoms with Gasteiger partial charge < -0.3 is 5.32 Å². The quantitative estimate of drug-likeness (QED) is 0.534. The van der Waals surface area contributed by atoms with Gasteiger partial charge in [-0.2, -0.15) is 0 Å². The third-order valence-electron chi connectivity index (χ3n) is 6.61. The van der Waals surface area contributed by atoms with Crippen LogP contribution < -0.4 is 10.9 Å². The molecule has 2 aliphatic rings. The van der Waals surface area contributed by atoms with Gasteiger partial charge in [0.2, 0.25) is 5.91 Å². The topological polar surface area (TPSA) is 64.0 Å². The molecule has 0 radical (unpaired) electrons. The van der Waals surface area contributed by atoms with E-state index in [2.05, 4.69) is 12.2 Å². The van der Waals surface area contributed by atoms with Crippen LogP contribution in [0.25, 0.3) is 10.2 Å². The fourth-order valence-corrected chi connectivity index (χ4v) is 6.63. The smallest absolute Gasteiger partial charge is 0.263 e. The fraction of sp³-hybridized carbons (Fsp3) is 0.682. The molecule has 1 amide bonds. The number of aromatic nitrogens is 2. The van der Waals surface area contributed by atoms with E-state index in [0.29, 0.717) is 17.0 Å². The summed E-state index contributed by atoms with van der Waals surface area (Å²) in [4.78, 5) is 32.8. The molecule has 5 nitrogen and oxygen atoms in total. The molecular weight excluding hydrogens is 402 g/mol. The first-order valence-electron chi connectivity index (χ1n) is 10.9. The molecule has 0 aromatic carbocycles. The van der Waals surface area contributed by atoms with Crippen molar-refractivity contribution in [3.8, 4) is 0 Å². The lowest BCUT2D eigenvalue weighted by Crippen LogP contribution is -2.38. The van der Waals surface area contributed by atoms with Crippen molar-refractivity contribution in [1.29, 1.82) is 0 Å². The van der Waals surface area contributed by atoms with Crippen molar-refractivity contribution < 1.29 is 4.79 Å². The maximum Gasteiger partial charge on any atom is 0.263 e. The molecule has 0 saturated heterocycles. The fourth-order valence-electron chi connectivity index (χ4n) is 4.68. The zero-order chi connectivity index (χ0) is 20.5. The van der Waals surface area contributed by atoms with E-state index in [1.54, 1.807) is 11.3 Å². The molecule has 7 heteroatoms. The summed E-state index contributed by atoms with van der Waals surface area (Å²) in [6.45, 7) is 6.35.